The second kappa shape index (κ2) is 3.33. The van der Waals surface area contributed by atoms with E-state index in [9.17, 15) is 9.18 Å². The zero-order chi connectivity index (χ0) is 10.3. The van der Waals surface area contributed by atoms with E-state index in [-0.39, 0.29) is 28.0 Å². The third-order valence-electron chi connectivity index (χ3n) is 1.95. The zero-order valence-electron chi connectivity index (χ0n) is 6.96. The zero-order valence-corrected chi connectivity index (χ0v) is 8.54. The van der Waals surface area contributed by atoms with Crippen molar-refractivity contribution in [1.29, 1.82) is 0 Å². The Labute approximate surface area is 87.6 Å². The highest BCUT2D eigenvalue weighted by molar-refractivity contribution is 9.10. The first-order valence-corrected chi connectivity index (χ1v) is 4.74. The van der Waals surface area contributed by atoms with Crippen LogP contribution in [0.4, 0.5) is 4.39 Å². The number of ketones is 1. The van der Waals surface area contributed by atoms with Crippen LogP contribution in [0.2, 0.25) is 0 Å². The highest BCUT2D eigenvalue weighted by Crippen LogP contribution is 2.31. The quantitative estimate of drug-likeness (QED) is 0.775. The van der Waals surface area contributed by atoms with Gasteiger partial charge >= 0.3 is 0 Å². The fraction of sp³-hybridized carbons (Fsp3) is 0.222. The van der Waals surface area contributed by atoms with Gasteiger partial charge in [0.05, 0.1) is 16.5 Å². The van der Waals surface area contributed by atoms with Gasteiger partial charge in [-0.2, -0.15) is 0 Å². The third kappa shape index (κ3) is 1.53. The lowest BCUT2D eigenvalue weighted by Crippen LogP contribution is -2.26. The Kier molecular flexibility index (Phi) is 2.28. The number of fused-ring (bicyclic) bond motifs is 1. The minimum atomic E-state index is -1.13. The molecular weight excluding hydrogens is 255 g/mol. The van der Waals surface area contributed by atoms with E-state index in [0.29, 0.717) is 0 Å². The topological polar surface area (TPSA) is 46.5 Å². The van der Waals surface area contributed by atoms with Crippen LogP contribution in [0.5, 0.6) is 5.75 Å². The van der Waals surface area contributed by atoms with Gasteiger partial charge in [-0.15, -0.1) is 0 Å². The molecular formula is C9H6BrFO3. The van der Waals surface area contributed by atoms with Gasteiger partial charge in [-0.25, -0.2) is 4.39 Å². The maximum absolute atomic E-state index is 13.1. The number of hydrogen-bond acceptors (Lipinski definition) is 3. The molecule has 0 aromatic heterocycles. The number of aliphatic hydroxyl groups is 1. The SMILES string of the molecule is O=C1CC(O)Oc2cc(Br)c(F)cc21. The Balaban J connectivity index is 2.55. The lowest BCUT2D eigenvalue weighted by molar-refractivity contribution is -0.0247. The number of aliphatic hydroxyl groups excluding tert-OH is 1. The van der Waals surface area contributed by atoms with Gasteiger partial charge in [-0.1, -0.05) is 0 Å². The molecule has 0 fully saturated rings. The van der Waals surface area contributed by atoms with E-state index in [1.54, 1.807) is 0 Å². The first-order chi connectivity index (χ1) is 6.58. The van der Waals surface area contributed by atoms with Crippen molar-refractivity contribution in [2.75, 3.05) is 0 Å². The molecule has 0 amide bonds. The van der Waals surface area contributed by atoms with Crippen LogP contribution in [0.25, 0.3) is 0 Å². The summed E-state index contributed by atoms with van der Waals surface area (Å²) in [5, 5.41) is 9.13. The number of rotatable bonds is 0. The summed E-state index contributed by atoms with van der Waals surface area (Å²) < 4.78 is 18.2. The molecule has 0 spiro atoms. The van der Waals surface area contributed by atoms with Gasteiger partial charge in [-0.05, 0) is 28.1 Å². The van der Waals surface area contributed by atoms with Crippen molar-refractivity contribution >= 4 is 21.7 Å². The average Bonchev–Trinajstić information content (AvgIpc) is 2.08. The molecule has 0 bridgehead atoms. The fourth-order valence-electron chi connectivity index (χ4n) is 1.30. The summed E-state index contributed by atoms with van der Waals surface area (Å²) in [5.41, 5.74) is 0.177. The van der Waals surface area contributed by atoms with E-state index in [4.69, 9.17) is 9.84 Å². The fourth-order valence-corrected chi connectivity index (χ4v) is 1.62. The van der Waals surface area contributed by atoms with Crippen LogP contribution in [0.3, 0.4) is 0 Å². The van der Waals surface area contributed by atoms with Crippen molar-refractivity contribution in [3.8, 4) is 5.75 Å². The van der Waals surface area contributed by atoms with Crippen molar-refractivity contribution in [3.63, 3.8) is 0 Å². The number of hydrogen-bond donors (Lipinski definition) is 1. The number of Topliss-reactive ketones (excluding diaryl/α,β-unsaturated/α-hetero) is 1. The largest absolute Gasteiger partial charge is 0.464 e. The molecule has 1 unspecified atom stereocenters. The van der Waals surface area contributed by atoms with E-state index in [1.807, 2.05) is 0 Å². The van der Waals surface area contributed by atoms with Crippen molar-refractivity contribution < 1.29 is 19.0 Å². The monoisotopic (exact) mass is 260 g/mol. The minimum Gasteiger partial charge on any atom is -0.464 e. The molecule has 74 valence electrons. The van der Waals surface area contributed by atoms with Gasteiger partial charge in [0.1, 0.15) is 11.6 Å². The second-order valence-electron chi connectivity index (χ2n) is 2.96. The summed E-state index contributed by atoms with van der Waals surface area (Å²) in [6.07, 6.45) is -1.26. The number of halogens is 2. The Morgan fingerprint density at radius 2 is 2.29 bits per heavy atom. The van der Waals surface area contributed by atoms with Gasteiger partial charge < -0.3 is 9.84 Å². The lowest BCUT2D eigenvalue weighted by Gasteiger charge is -2.21. The molecule has 2 rings (SSSR count). The summed E-state index contributed by atoms with van der Waals surface area (Å²) in [5.74, 6) is -0.621. The summed E-state index contributed by atoms with van der Waals surface area (Å²) in [4.78, 5) is 11.3. The van der Waals surface area contributed by atoms with E-state index >= 15 is 0 Å². The van der Waals surface area contributed by atoms with E-state index in [0.717, 1.165) is 6.07 Å². The highest BCUT2D eigenvalue weighted by atomic mass is 79.9. The van der Waals surface area contributed by atoms with Crippen LogP contribution in [-0.4, -0.2) is 17.2 Å². The van der Waals surface area contributed by atoms with Crippen molar-refractivity contribution in [1.82, 2.24) is 0 Å². The Morgan fingerprint density at radius 1 is 1.57 bits per heavy atom. The molecule has 0 aliphatic carbocycles. The first-order valence-electron chi connectivity index (χ1n) is 3.95. The smallest absolute Gasteiger partial charge is 0.204 e. The van der Waals surface area contributed by atoms with Crippen LogP contribution in [0.15, 0.2) is 16.6 Å². The van der Waals surface area contributed by atoms with Gasteiger partial charge in [0.25, 0.3) is 0 Å². The van der Waals surface area contributed by atoms with Gasteiger partial charge in [0.15, 0.2) is 5.78 Å². The predicted molar refractivity (Wildman–Crippen MR) is 49.7 cm³/mol. The molecule has 0 saturated heterocycles. The third-order valence-corrected chi connectivity index (χ3v) is 2.55. The standard InChI is InChI=1S/C9H6BrFO3/c10-5-2-8-4(1-6(5)11)7(12)3-9(13)14-8/h1-2,9,13H,3H2. The van der Waals surface area contributed by atoms with E-state index in [2.05, 4.69) is 15.9 Å². The number of carbonyl (C=O) groups is 1. The molecule has 3 nitrogen and oxygen atoms in total. The lowest BCUT2D eigenvalue weighted by atomic mass is 10.0. The molecule has 1 aliphatic heterocycles. The molecule has 1 aromatic rings. The maximum atomic E-state index is 13.1. The van der Waals surface area contributed by atoms with Crippen molar-refractivity contribution in [3.05, 3.63) is 28.0 Å². The predicted octanol–water partition coefficient (Wildman–Crippen LogP) is 1.87. The summed E-state index contributed by atoms with van der Waals surface area (Å²) in [7, 11) is 0. The number of ether oxygens (including phenoxy) is 1. The van der Waals surface area contributed by atoms with Crippen LogP contribution in [0.1, 0.15) is 16.8 Å². The second-order valence-corrected chi connectivity index (χ2v) is 3.82. The minimum absolute atomic E-state index is 0.131. The van der Waals surface area contributed by atoms with Gasteiger partial charge in [0, 0.05) is 0 Å². The molecule has 1 N–H and O–H groups in total. The molecule has 0 radical (unpaired) electrons. The number of carbonyl (C=O) groups excluding carboxylic acids is 1. The van der Waals surface area contributed by atoms with Crippen molar-refractivity contribution in [2.24, 2.45) is 0 Å². The average molecular weight is 261 g/mol. The molecule has 1 heterocycles. The molecule has 1 aromatic carbocycles. The molecule has 1 aliphatic rings. The Hall–Kier alpha value is -0.940. The summed E-state index contributed by atoms with van der Waals surface area (Å²) in [6.45, 7) is 0. The van der Waals surface area contributed by atoms with E-state index in [1.165, 1.54) is 6.07 Å². The summed E-state index contributed by atoms with van der Waals surface area (Å²) in [6, 6.07) is 2.44. The number of benzene rings is 1. The Bertz CT molecular complexity index is 405. The van der Waals surface area contributed by atoms with Gasteiger partial charge in [-0.3, -0.25) is 4.79 Å². The molecule has 14 heavy (non-hydrogen) atoms. The van der Waals surface area contributed by atoms with Crippen LogP contribution >= 0.6 is 15.9 Å². The molecule has 5 heteroatoms. The maximum Gasteiger partial charge on any atom is 0.204 e. The van der Waals surface area contributed by atoms with Gasteiger partial charge in [0.2, 0.25) is 6.29 Å². The highest BCUT2D eigenvalue weighted by Gasteiger charge is 2.26. The first kappa shape index (κ1) is 9.61. The molecule has 1 atom stereocenters. The normalized spacial score (nSPS) is 20.2. The Morgan fingerprint density at radius 3 is 3.00 bits per heavy atom. The van der Waals surface area contributed by atoms with Crippen molar-refractivity contribution in [2.45, 2.75) is 12.7 Å². The van der Waals surface area contributed by atoms with Crippen LogP contribution < -0.4 is 4.74 Å². The van der Waals surface area contributed by atoms with E-state index < -0.39 is 12.1 Å². The summed E-state index contributed by atoms with van der Waals surface area (Å²) >= 11 is 2.97. The molecule has 0 saturated carbocycles. The van der Waals surface area contributed by atoms with Crippen LogP contribution in [-0.2, 0) is 0 Å². The van der Waals surface area contributed by atoms with Crippen LogP contribution in [0, 0.1) is 5.82 Å².